The van der Waals surface area contributed by atoms with Crippen molar-refractivity contribution in [1.82, 2.24) is 24.9 Å². The van der Waals surface area contributed by atoms with E-state index in [4.69, 9.17) is 35.4 Å². The van der Waals surface area contributed by atoms with Crippen molar-refractivity contribution in [3.63, 3.8) is 0 Å². The van der Waals surface area contributed by atoms with Gasteiger partial charge in [-0.15, -0.1) is 0 Å². The molecule has 2 N–H and O–H groups in total. The van der Waals surface area contributed by atoms with Crippen LogP contribution in [0.5, 0.6) is 0 Å². The topological polar surface area (TPSA) is 59.7 Å². The van der Waals surface area contributed by atoms with E-state index in [0.29, 0.717) is 46.9 Å². The number of aromatic nitrogens is 4. The minimum Gasteiger partial charge on any atom is -0.362 e. The Morgan fingerprint density at radius 2 is 1.79 bits per heavy atom. The van der Waals surface area contributed by atoms with E-state index in [9.17, 15) is 13.2 Å². The first-order valence-electron chi connectivity index (χ1n) is 10.1. The molecule has 0 amide bonds. The summed E-state index contributed by atoms with van der Waals surface area (Å²) in [6, 6.07) is 6.49. The molecule has 0 atom stereocenters. The largest absolute Gasteiger partial charge is 0.435 e. The summed E-state index contributed by atoms with van der Waals surface area (Å²) in [4.78, 5) is 0. The van der Waals surface area contributed by atoms with Gasteiger partial charge >= 0.3 is 6.18 Å². The number of nitrogens with one attached hydrogen (secondary N) is 2. The van der Waals surface area contributed by atoms with Crippen LogP contribution in [-0.2, 0) is 19.3 Å². The number of thiocarbonyl (C=S) groups is 1. The SMILES string of the molecule is Cc1nn(Cc2ccc(Cl)c(Cl)c2)c(C)c1NC(=S)NCCCn1nc(C(F)(F)F)cc1C. The minimum absolute atomic E-state index is 0.344. The second-order valence-electron chi connectivity index (χ2n) is 7.58. The van der Waals surface area contributed by atoms with Crippen molar-refractivity contribution in [2.24, 2.45) is 0 Å². The Hall–Kier alpha value is -2.30. The summed E-state index contributed by atoms with van der Waals surface area (Å²) in [5, 5.41) is 15.8. The lowest BCUT2D eigenvalue weighted by Crippen LogP contribution is -2.30. The van der Waals surface area contributed by atoms with Crippen LogP contribution < -0.4 is 10.6 Å². The Bertz CT molecular complexity index is 1160. The molecule has 2 heterocycles. The lowest BCUT2D eigenvalue weighted by molar-refractivity contribution is -0.141. The summed E-state index contributed by atoms with van der Waals surface area (Å²) >= 11 is 17.5. The predicted octanol–water partition coefficient (Wildman–Crippen LogP) is 5.76. The summed E-state index contributed by atoms with van der Waals surface area (Å²) in [6.45, 7) is 6.75. The molecule has 178 valence electrons. The van der Waals surface area contributed by atoms with Gasteiger partial charge in [0.25, 0.3) is 0 Å². The molecule has 0 saturated carbocycles. The summed E-state index contributed by atoms with van der Waals surface area (Å²) in [7, 11) is 0. The van der Waals surface area contributed by atoms with E-state index in [0.717, 1.165) is 28.7 Å². The quantitative estimate of drug-likeness (QED) is 0.307. The van der Waals surface area contributed by atoms with Crippen molar-refractivity contribution in [1.29, 1.82) is 0 Å². The number of hydrogen-bond donors (Lipinski definition) is 2. The van der Waals surface area contributed by atoms with E-state index >= 15 is 0 Å². The molecule has 3 aromatic rings. The molecule has 0 spiro atoms. The molecule has 0 saturated heterocycles. The third-order valence-electron chi connectivity index (χ3n) is 5.04. The van der Waals surface area contributed by atoms with Crippen molar-refractivity contribution >= 4 is 46.2 Å². The predicted molar refractivity (Wildman–Crippen MR) is 128 cm³/mol. The maximum atomic E-state index is 12.8. The van der Waals surface area contributed by atoms with E-state index in [2.05, 4.69) is 20.8 Å². The highest BCUT2D eigenvalue weighted by Crippen LogP contribution is 2.28. The molecule has 0 fully saturated rings. The standard InChI is InChI=1S/C21H23Cl2F3N6S/c1-12-9-18(21(24,25)26)30-31(12)8-4-7-27-20(33)28-19-13(2)29-32(14(19)3)11-15-5-6-16(22)17(23)10-15/h5-6,9-10H,4,7-8,11H2,1-3H3,(H2,27,28,33). The molecule has 0 radical (unpaired) electrons. The summed E-state index contributed by atoms with van der Waals surface area (Å²) in [6.07, 6.45) is -3.89. The Labute approximate surface area is 205 Å². The number of nitrogens with zero attached hydrogens (tertiary/aromatic N) is 4. The number of anilines is 1. The van der Waals surface area contributed by atoms with Crippen LogP contribution in [0.2, 0.25) is 10.0 Å². The number of halogens is 5. The number of hydrogen-bond acceptors (Lipinski definition) is 3. The van der Waals surface area contributed by atoms with Crippen LogP contribution in [0, 0.1) is 20.8 Å². The van der Waals surface area contributed by atoms with Crippen LogP contribution in [0.1, 0.15) is 34.8 Å². The van der Waals surface area contributed by atoms with Gasteiger partial charge in [0.2, 0.25) is 0 Å². The molecule has 0 unspecified atom stereocenters. The molecule has 1 aromatic carbocycles. The lowest BCUT2D eigenvalue weighted by atomic mass is 10.2. The van der Waals surface area contributed by atoms with Gasteiger partial charge in [0.1, 0.15) is 0 Å². The number of rotatable bonds is 7. The number of benzene rings is 1. The summed E-state index contributed by atoms with van der Waals surface area (Å²) in [5.41, 5.74) is 3.02. The Kier molecular flexibility index (Phi) is 7.92. The van der Waals surface area contributed by atoms with Crippen molar-refractivity contribution in [3.05, 3.63) is 62.6 Å². The molecular formula is C21H23Cl2F3N6S. The van der Waals surface area contributed by atoms with E-state index in [1.54, 1.807) is 19.1 Å². The molecule has 12 heteroatoms. The van der Waals surface area contributed by atoms with Crippen molar-refractivity contribution in [2.45, 2.75) is 46.5 Å². The van der Waals surface area contributed by atoms with Crippen LogP contribution in [0.4, 0.5) is 18.9 Å². The Morgan fingerprint density at radius 3 is 2.42 bits per heavy atom. The second-order valence-corrected chi connectivity index (χ2v) is 8.80. The number of aryl methyl sites for hydroxylation is 3. The van der Waals surface area contributed by atoms with E-state index in [-0.39, 0.29) is 0 Å². The average molecular weight is 519 g/mol. The third-order valence-corrected chi connectivity index (χ3v) is 6.03. The van der Waals surface area contributed by atoms with Gasteiger partial charge in [-0.05, 0) is 63.2 Å². The highest BCUT2D eigenvalue weighted by molar-refractivity contribution is 7.80. The average Bonchev–Trinajstić information content (AvgIpc) is 3.23. The van der Waals surface area contributed by atoms with Gasteiger partial charge in [0.05, 0.1) is 33.7 Å². The smallest absolute Gasteiger partial charge is 0.362 e. The molecule has 33 heavy (non-hydrogen) atoms. The van der Waals surface area contributed by atoms with E-state index in [1.165, 1.54) is 4.68 Å². The van der Waals surface area contributed by atoms with Crippen LogP contribution in [0.15, 0.2) is 24.3 Å². The fraction of sp³-hybridized carbons (Fsp3) is 0.381. The van der Waals surface area contributed by atoms with Gasteiger partial charge in [0.15, 0.2) is 10.8 Å². The first-order valence-corrected chi connectivity index (χ1v) is 11.3. The van der Waals surface area contributed by atoms with E-state index in [1.807, 2.05) is 24.6 Å². The van der Waals surface area contributed by atoms with Gasteiger partial charge in [-0.25, -0.2) is 0 Å². The van der Waals surface area contributed by atoms with Gasteiger partial charge in [-0.3, -0.25) is 9.36 Å². The molecule has 0 aliphatic rings. The van der Waals surface area contributed by atoms with Crippen LogP contribution in [-0.4, -0.2) is 31.2 Å². The maximum Gasteiger partial charge on any atom is 0.435 e. The zero-order valence-corrected chi connectivity index (χ0v) is 20.6. The van der Waals surface area contributed by atoms with E-state index < -0.39 is 11.9 Å². The van der Waals surface area contributed by atoms with Gasteiger partial charge in [-0.1, -0.05) is 29.3 Å². The molecule has 0 bridgehead atoms. The molecular weight excluding hydrogens is 496 g/mol. The lowest BCUT2D eigenvalue weighted by Gasteiger charge is -2.12. The molecule has 3 rings (SSSR count). The highest BCUT2D eigenvalue weighted by atomic mass is 35.5. The minimum atomic E-state index is -4.44. The third kappa shape index (κ3) is 6.39. The van der Waals surface area contributed by atoms with Gasteiger partial charge < -0.3 is 10.6 Å². The van der Waals surface area contributed by atoms with Crippen molar-refractivity contribution < 1.29 is 13.2 Å². The Morgan fingerprint density at radius 1 is 1.06 bits per heavy atom. The van der Waals surface area contributed by atoms with Crippen LogP contribution >= 0.6 is 35.4 Å². The van der Waals surface area contributed by atoms with Crippen molar-refractivity contribution in [2.75, 3.05) is 11.9 Å². The van der Waals surface area contributed by atoms with Crippen LogP contribution in [0.3, 0.4) is 0 Å². The normalized spacial score (nSPS) is 11.6. The molecule has 2 aromatic heterocycles. The zero-order chi connectivity index (χ0) is 24.3. The molecule has 0 aliphatic heterocycles. The second kappa shape index (κ2) is 10.3. The zero-order valence-electron chi connectivity index (χ0n) is 18.2. The molecule has 6 nitrogen and oxygen atoms in total. The van der Waals surface area contributed by atoms with Crippen molar-refractivity contribution in [3.8, 4) is 0 Å². The van der Waals surface area contributed by atoms with Crippen LogP contribution in [0.25, 0.3) is 0 Å². The highest BCUT2D eigenvalue weighted by Gasteiger charge is 2.34. The molecule has 0 aliphatic carbocycles. The summed E-state index contributed by atoms with van der Waals surface area (Å²) < 4.78 is 41.5. The monoisotopic (exact) mass is 518 g/mol. The first-order chi connectivity index (χ1) is 15.5. The summed E-state index contributed by atoms with van der Waals surface area (Å²) in [5.74, 6) is 0. The van der Waals surface area contributed by atoms with Gasteiger partial charge in [0, 0.05) is 18.8 Å². The fourth-order valence-corrected chi connectivity index (χ4v) is 3.83. The Balaban J connectivity index is 1.53. The number of alkyl halides is 3. The van der Waals surface area contributed by atoms with Gasteiger partial charge in [-0.2, -0.15) is 23.4 Å². The first kappa shape index (κ1) is 25.3. The maximum absolute atomic E-state index is 12.8. The fourth-order valence-electron chi connectivity index (χ4n) is 3.31.